The van der Waals surface area contributed by atoms with E-state index in [0.29, 0.717) is 30.9 Å². The van der Waals surface area contributed by atoms with Gasteiger partial charge in [0.25, 0.3) is 0 Å². The van der Waals surface area contributed by atoms with Crippen molar-refractivity contribution in [2.75, 3.05) is 6.61 Å². The summed E-state index contributed by atoms with van der Waals surface area (Å²) in [7, 11) is 0. The lowest BCUT2D eigenvalue weighted by atomic mass is 9.89. The van der Waals surface area contributed by atoms with E-state index >= 15 is 0 Å². The molecular formula is C10H16O3. The van der Waals surface area contributed by atoms with Crippen molar-refractivity contribution in [2.24, 2.45) is 5.92 Å². The average Bonchev–Trinajstić information content (AvgIpc) is 2.04. The molecule has 13 heavy (non-hydrogen) atoms. The Morgan fingerprint density at radius 3 is 2.92 bits per heavy atom. The van der Waals surface area contributed by atoms with Gasteiger partial charge in [0, 0.05) is 6.42 Å². The number of aliphatic hydroxyl groups is 1. The van der Waals surface area contributed by atoms with Gasteiger partial charge in [-0.15, -0.1) is 0 Å². The van der Waals surface area contributed by atoms with Gasteiger partial charge in [-0.3, -0.25) is 0 Å². The van der Waals surface area contributed by atoms with Crippen molar-refractivity contribution in [3.63, 3.8) is 0 Å². The summed E-state index contributed by atoms with van der Waals surface area (Å²) in [6.45, 7) is 4.20. The van der Waals surface area contributed by atoms with E-state index in [9.17, 15) is 9.90 Å². The van der Waals surface area contributed by atoms with Crippen LogP contribution in [0.1, 0.15) is 33.1 Å². The number of hydrogen-bond acceptors (Lipinski definition) is 3. The maximum absolute atomic E-state index is 11.3. The summed E-state index contributed by atoms with van der Waals surface area (Å²) in [6.07, 6.45) is 2.21. The van der Waals surface area contributed by atoms with E-state index in [4.69, 9.17) is 4.74 Å². The Hall–Kier alpha value is -0.990. The summed E-state index contributed by atoms with van der Waals surface area (Å²) in [5.41, 5.74) is 0.472. The third-order valence-electron chi connectivity index (χ3n) is 2.30. The zero-order valence-electron chi connectivity index (χ0n) is 8.17. The van der Waals surface area contributed by atoms with Crippen LogP contribution < -0.4 is 0 Å². The Kier molecular flexibility index (Phi) is 3.34. The molecule has 1 N–H and O–H groups in total. The van der Waals surface area contributed by atoms with E-state index in [1.165, 1.54) is 0 Å². The molecule has 3 nitrogen and oxygen atoms in total. The topological polar surface area (TPSA) is 46.5 Å². The zero-order chi connectivity index (χ0) is 9.84. The summed E-state index contributed by atoms with van der Waals surface area (Å²) in [4.78, 5) is 11.3. The molecule has 0 saturated carbocycles. The van der Waals surface area contributed by atoms with E-state index in [0.717, 1.165) is 6.42 Å². The van der Waals surface area contributed by atoms with Gasteiger partial charge >= 0.3 is 5.97 Å². The minimum atomic E-state index is -0.355. The SMILES string of the molecule is CCOC(=O)C1=C(O)CC(C)CC1. The summed E-state index contributed by atoms with van der Waals surface area (Å²) in [5, 5.41) is 9.52. The molecule has 74 valence electrons. The van der Waals surface area contributed by atoms with Crippen molar-refractivity contribution < 1.29 is 14.6 Å². The normalized spacial score (nSPS) is 23.1. The van der Waals surface area contributed by atoms with Crippen LogP contribution in [0.4, 0.5) is 0 Å². The first kappa shape index (κ1) is 10.1. The van der Waals surface area contributed by atoms with Gasteiger partial charge in [-0.25, -0.2) is 4.79 Å². The Bertz CT molecular complexity index is 230. The molecule has 1 atom stereocenters. The number of hydrogen-bond donors (Lipinski definition) is 1. The number of esters is 1. The van der Waals surface area contributed by atoms with Crippen molar-refractivity contribution in [3.05, 3.63) is 11.3 Å². The lowest BCUT2D eigenvalue weighted by molar-refractivity contribution is -0.139. The molecule has 0 aromatic heterocycles. The van der Waals surface area contributed by atoms with Gasteiger partial charge in [-0.2, -0.15) is 0 Å². The molecule has 1 aliphatic rings. The monoisotopic (exact) mass is 184 g/mol. The molecule has 1 aliphatic carbocycles. The average molecular weight is 184 g/mol. The third-order valence-corrected chi connectivity index (χ3v) is 2.30. The van der Waals surface area contributed by atoms with Gasteiger partial charge in [-0.05, 0) is 25.7 Å². The van der Waals surface area contributed by atoms with E-state index in [2.05, 4.69) is 6.92 Å². The molecule has 1 unspecified atom stereocenters. The zero-order valence-corrected chi connectivity index (χ0v) is 8.17. The highest BCUT2D eigenvalue weighted by Gasteiger charge is 2.23. The number of aliphatic hydroxyl groups excluding tert-OH is 1. The summed E-state index contributed by atoms with van der Waals surface area (Å²) >= 11 is 0. The maximum atomic E-state index is 11.3. The maximum Gasteiger partial charge on any atom is 0.337 e. The quantitative estimate of drug-likeness (QED) is 0.669. The van der Waals surface area contributed by atoms with Crippen molar-refractivity contribution >= 4 is 5.97 Å². The molecule has 0 aromatic carbocycles. The molecule has 0 radical (unpaired) electrons. The number of rotatable bonds is 2. The van der Waals surface area contributed by atoms with Crippen molar-refractivity contribution in [2.45, 2.75) is 33.1 Å². The van der Waals surface area contributed by atoms with E-state index in [-0.39, 0.29) is 11.7 Å². The second kappa shape index (κ2) is 4.30. The summed E-state index contributed by atoms with van der Waals surface area (Å²) in [5.74, 6) is 0.335. The number of ether oxygens (including phenoxy) is 1. The lowest BCUT2D eigenvalue weighted by Gasteiger charge is -2.19. The van der Waals surface area contributed by atoms with E-state index in [1.54, 1.807) is 6.92 Å². The van der Waals surface area contributed by atoms with Crippen LogP contribution in [0.2, 0.25) is 0 Å². The second-order valence-electron chi connectivity index (χ2n) is 3.49. The van der Waals surface area contributed by atoms with Crippen LogP contribution in [0.15, 0.2) is 11.3 Å². The first-order chi connectivity index (χ1) is 6.15. The fourth-order valence-corrected chi connectivity index (χ4v) is 1.53. The summed E-state index contributed by atoms with van der Waals surface area (Å²) in [6, 6.07) is 0. The fourth-order valence-electron chi connectivity index (χ4n) is 1.53. The third kappa shape index (κ3) is 2.47. The second-order valence-corrected chi connectivity index (χ2v) is 3.49. The Morgan fingerprint density at radius 2 is 2.38 bits per heavy atom. The molecule has 0 fully saturated rings. The standard InChI is InChI=1S/C10H16O3/c1-3-13-10(12)8-5-4-7(2)6-9(8)11/h7,11H,3-6H2,1-2H3. The van der Waals surface area contributed by atoms with E-state index < -0.39 is 0 Å². The van der Waals surface area contributed by atoms with Gasteiger partial charge in [0.2, 0.25) is 0 Å². The first-order valence-corrected chi connectivity index (χ1v) is 4.73. The van der Waals surface area contributed by atoms with Crippen molar-refractivity contribution in [1.29, 1.82) is 0 Å². The predicted molar refractivity (Wildman–Crippen MR) is 49.3 cm³/mol. The minimum absolute atomic E-state index is 0.220. The van der Waals surface area contributed by atoms with Crippen LogP contribution in [0.3, 0.4) is 0 Å². The number of carbonyl (C=O) groups excluding carboxylic acids is 1. The van der Waals surface area contributed by atoms with Crippen molar-refractivity contribution in [3.8, 4) is 0 Å². The smallest absolute Gasteiger partial charge is 0.337 e. The van der Waals surface area contributed by atoms with Crippen LogP contribution in [0.25, 0.3) is 0 Å². The van der Waals surface area contributed by atoms with Gasteiger partial charge in [0.15, 0.2) is 0 Å². The van der Waals surface area contributed by atoms with Crippen LogP contribution in [-0.4, -0.2) is 17.7 Å². The molecule has 0 heterocycles. The molecule has 0 aliphatic heterocycles. The minimum Gasteiger partial charge on any atom is -0.512 e. The highest BCUT2D eigenvalue weighted by atomic mass is 16.5. The molecule has 0 bridgehead atoms. The summed E-state index contributed by atoms with van der Waals surface area (Å²) < 4.78 is 4.83. The van der Waals surface area contributed by atoms with Gasteiger partial charge in [0.1, 0.15) is 5.76 Å². The highest BCUT2D eigenvalue weighted by Crippen LogP contribution is 2.28. The van der Waals surface area contributed by atoms with Gasteiger partial charge < -0.3 is 9.84 Å². The Balaban J connectivity index is 2.67. The van der Waals surface area contributed by atoms with Crippen LogP contribution in [-0.2, 0) is 9.53 Å². The highest BCUT2D eigenvalue weighted by molar-refractivity contribution is 5.89. The molecule has 0 spiro atoms. The van der Waals surface area contributed by atoms with Crippen LogP contribution in [0.5, 0.6) is 0 Å². The molecule has 0 saturated heterocycles. The van der Waals surface area contributed by atoms with Crippen LogP contribution in [0, 0.1) is 5.92 Å². The molecular weight excluding hydrogens is 168 g/mol. The lowest BCUT2D eigenvalue weighted by Crippen LogP contribution is -2.16. The molecule has 1 rings (SSSR count). The Labute approximate surface area is 78.4 Å². The first-order valence-electron chi connectivity index (χ1n) is 4.73. The number of allylic oxidation sites excluding steroid dienone is 1. The largest absolute Gasteiger partial charge is 0.512 e. The predicted octanol–water partition coefficient (Wildman–Crippen LogP) is 2.18. The molecule has 0 amide bonds. The van der Waals surface area contributed by atoms with E-state index in [1.807, 2.05) is 0 Å². The molecule has 3 heteroatoms. The van der Waals surface area contributed by atoms with Crippen LogP contribution >= 0.6 is 0 Å². The number of carbonyl (C=O) groups is 1. The fraction of sp³-hybridized carbons (Fsp3) is 0.700. The molecule has 0 aromatic rings. The Morgan fingerprint density at radius 1 is 1.69 bits per heavy atom. The van der Waals surface area contributed by atoms with Gasteiger partial charge in [0.05, 0.1) is 12.2 Å². The van der Waals surface area contributed by atoms with Gasteiger partial charge in [-0.1, -0.05) is 6.92 Å². The van der Waals surface area contributed by atoms with Crippen molar-refractivity contribution in [1.82, 2.24) is 0 Å².